The van der Waals surface area contributed by atoms with Crippen molar-refractivity contribution in [3.63, 3.8) is 0 Å². The second-order valence-corrected chi connectivity index (χ2v) is 4.67. The molecule has 0 spiro atoms. The molecule has 5 heteroatoms. The van der Waals surface area contributed by atoms with Crippen molar-refractivity contribution in [3.05, 3.63) is 22.6 Å². The molecule has 2 unspecified atom stereocenters. The van der Waals surface area contributed by atoms with E-state index >= 15 is 0 Å². The van der Waals surface area contributed by atoms with Crippen LogP contribution in [0.15, 0.2) is 21.2 Å². The van der Waals surface area contributed by atoms with Gasteiger partial charge in [0.2, 0.25) is 0 Å². The summed E-state index contributed by atoms with van der Waals surface area (Å²) in [4.78, 5) is 11.4. The van der Waals surface area contributed by atoms with E-state index in [0.717, 1.165) is 29.8 Å². The standard InChI is InChI=1S/C11H14BrNO3/c1-15-11(14)8-6-7(4-5-13-8)9-2-3-10(12)16-9/h2-3,7-8,13H,4-6H2,1H3. The number of hydrogen-bond donors (Lipinski definition) is 1. The number of methoxy groups -OCH3 is 1. The lowest BCUT2D eigenvalue weighted by molar-refractivity contribution is -0.143. The van der Waals surface area contributed by atoms with Gasteiger partial charge in [0.05, 0.1) is 7.11 Å². The van der Waals surface area contributed by atoms with Crippen molar-refractivity contribution in [1.29, 1.82) is 0 Å². The molecule has 0 aliphatic carbocycles. The van der Waals surface area contributed by atoms with Crippen LogP contribution in [0.3, 0.4) is 0 Å². The first kappa shape index (κ1) is 11.7. The number of esters is 1. The molecule has 1 aliphatic heterocycles. The molecule has 16 heavy (non-hydrogen) atoms. The Kier molecular flexibility index (Phi) is 3.66. The van der Waals surface area contributed by atoms with E-state index in [1.165, 1.54) is 7.11 Å². The van der Waals surface area contributed by atoms with Crippen molar-refractivity contribution in [2.24, 2.45) is 0 Å². The van der Waals surface area contributed by atoms with Crippen molar-refractivity contribution in [2.45, 2.75) is 24.8 Å². The topological polar surface area (TPSA) is 51.5 Å². The second-order valence-electron chi connectivity index (χ2n) is 3.89. The molecule has 88 valence electrons. The fourth-order valence-electron chi connectivity index (χ4n) is 2.05. The maximum absolute atomic E-state index is 11.4. The molecule has 2 heterocycles. The van der Waals surface area contributed by atoms with E-state index in [1.54, 1.807) is 0 Å². The van der Waals surface area contributed by atoms with Gasteiger partial charge in [0.25, 0.3) is 0 Å². The molecule has 1 N–H and O–H groups in total. The Morgan fingerprint density at radius 1 is 1.62 bits per heavy atom. The van der Waals surface area contributed by atoms with Crippen molar-refractivity contribution >= 4 is 21.9 Å². The lowest BCUT2D eigenvalue weighted by Crippen LogP contribution is -2.43. The van der Waals surface area contributed by atoms with Crippen LogP contribution in [0, 0.1) is 0 Å². The van der Waals surface area contributed by atoms with Gasteiger partial charge in [-0.15, -0.1) is 0 Å². The number of ether oxygens (including phenoxy) is 1. The third-order valence-corrected chi connectivity index (χ3v) is 3.31. The first-order valence-electron chi connectivity index (χ1n) is 5.27. The predicted molar refractivity (Wildman–Crippen MR) is 62.2 cm³/mol. The molecule has 2 rings (SSSR count). The summed E-state index contributed by atoms with van der Waals surface area (Å²) in [5.74, 6) is 1.02. The third kappa shape index (κ3) is 2.47. The smallest absolute Gasteiger partial charge is 0.322 e. The molecule has 0 amide bonds. The highest BCUT2D eigenvalue weighted by Crippen LogP contribution is 2.30. The Labute approximate surface area is 102 Å². The lowest BCUT2D eigenvalue weighted by atomic mass is 9.90. The second kappa shape index (κ2) is 5.01. The summed E-state index contributed by atoms with van der Waals surface area (Å²) in [6.07, 6.45) is 1.71. The monoisotopic (exact) mass is 287 g/mol. The van der Waals surface area contributed by atoms with E-state index < -0.39 is 0 Å². The van der Waals surface area contributed by atoms with Gasteiger partial charge in [-0.3, -0.25) is 4.79 Å². The Morgan fingerprint density at radius 3 is 3.06 bits per heavy atom. The van der Waals surface area contributed by atoms with Crippen LogP contribution < -0.4 is 5.32 Å². The SMILES string of the molecule is COC(=O)C1CC(c2ccc(Br)o2)CCN1. The number of hydrogen-bond acceptors (Lipinski definition) is 4. The highest BCUT2D eigenvalue weighted by atomic mass is 79.9. The minimum atomic E-state index is -0.215. The molecule has 1 aromatic rings. The van der Waals surface area contributed by atoms with Crippen LogP contribution in [0.4, 0.5) is 0 Å². The fourth-order valence-corrected chi connectivity index (χ4v) is 2.36. The summed E-state index contributed by atoms with van der Waals surface area (Å²) in [6, 6.07) is 3.62. The van der Waals surface area contributed by atoms with E-state index in [-0.39, 0.29) is 17.9 Å². The van der Waals surface area contributed by atoms with Crippen molar-refractivity contribution in [2.75, 3.05) is 13.7 Å². The zero-order valence-corrected chi connectivity index (χ0v) is 10.6. The molecule has 1 saturated heterocycles. The Hall–Kier alpha value is -0.810. The van der Waals surface area contributed by atoms with Crippen molar-refractivity contribution in [3.8, 4) is 0 Å². The average Bonchev–Trinajstić information content (AvgIpc) is 2.75. The number of rotatable bonds is 2. The van der Waals surface area contributed by atoms with E-state index in [2.05, 4.69) is 21.2 Å². The van der Waals surface area contributed by atoms with Crippen LogP contribution >= 0.6 is 15.9 Å². The highest BCUT2D eigenvalue weighted by Gasteiger charge is 2.29. The van der Waals surface area contributed by atoms with Gasteiger partial charge in [0.1, 0.15) is 11.8 Å². The van der Waals surface area contributed by atoms with Gasteiger partial charge in [-0.25, -0.2) is 0 Å². The number of carbonyl (C=O) groups is 1. The molecule has 1 aromatic heterocycles. The fraction of sp³-hybridized carbons (Fsp3) is 0.545. The van der Waals surface area contributed by atoms with Crippen LogP contribution in [0.2, 0.25) is 0 Å². The number of halogens is 1. The molecule has 0 saturated carbocycles. The summed E-state index contributed by atoms with van der Waals surface area (Å²) in [7, 11) is 1.41. The zero-order valence-electron chi connectivity index (χ0n) is 9.03. The van der Waals surface area contributed by atoms with E-state index in [0.29, 0.717) is 0 Å². The number of carbonyl (C=O) groups excluding carboxylic acids is 1. The summed E-state index contributed by atoms with van der Waals surface area (Å²) in [6.45, 7) is 0.808. The molecular formula is C11H14BrNO3. The molecule has 0 aromatic carbocycles. The first-order chi connectivity index (χ1) is 7.70. The highest BCUT2D eigenvalue weighted by molar-refractivity contribution is 9.10. The van der Waals surface area contributed by atoms with Gasteiger partial charge in [0.15, 0.2) is 4.67 Å². The van der Waals surface area contributed by atoms with E-state index in [9.17, 15) is 4.79 Å². The summed E-state index contributed by atoms with van der Waals surface area (Å²) in [5.41, 5.74) is 0. The van der Waals surface area contributed by atoms with Crippen LogP contribution in [-0.4, -0.2) is 25.7 Å². The summed E-state index contributed by atoms with van der Waals surface area (Å²) < 4.78 is 11.0. The average molecular weight is 288 g/mol. The molecule has 2 atom stereocenters. The maximum Gasteiger partial charge on any atom is 0.322 e. The van der Waals surface area contributed by atoms with Crippen LogP contribution in [0.1, 0.15) is 24.5 Å². The van der Waals surface area contributed by atoms with E-state index in [1.807, 2.05) is 12.1 Å². The number of nitrogens with one attached hydrogen (secondary N) is 1. The Morgan fingerprint density at radius 2 is 2.44 bits per heavy atom. The maximum atomic E-state index is 11.4. The Balaban J connectivity index is 2.04. The minimum absolute atomic E-state index is 0.199. The van der Waals surface area contributed by atoms with Gasteiger partial charge < -0.3 is 14.5 Å². The van der Waals surface area contributed by atoms with Crippen LogP contribution in [0.25, 0.3) is 0 Å². The molecule has 0 radical (unpaired) electrons. The van der Waals surface area contributed by atoms with Gasteiger partial charge in [-0.1, -0.05) is 0 Å². The quantitative estimate of drug-likeness (QED) is 0.846. The lowest BCUT2D eigenvalue weighted by Gasteiger charge is -2.27. The van der Waals surface area contributed by atoms with Crippen LogP contribution in [-0.2, 0) is 9.53 Å². The molecule has 1 aliphatic rings. The molecular weight excluding hydrogens is 274 g/mol. The molecule has 1 fully saturated rings. The van der Waals surface area contributed by atoms with Gasteiger partial charge >= 0.3 is 5.97 Å². The molecule has 0 bridgehead atoms. The number of furan rings is 1. The predicted octanol–water partition coefficient (Wildman–Crippen LogP) is 2.05. The summed E-state index contributed by atoms with van der Waals surface area (Å²) in [5, 5.41) is 3.15. The van der Waals surface area contributed by atoms with Crippen molar-refractivity contribution < 1.29 is 13.9 Å². The zero-order chi connectivity index (χ0) is 11.5. The van der Waals surface area contributed by atoms with Gasteiger partial charge in [-0.2, -0.15) is 0 Å². The third-order valence-electron chi connectivity index (χ3n) is 2.89. The van der Waals surface area contributed by atoms with Gasteiger partial charge in [-0.05, 0) is 47.4 Å². The largest absolute Gasteiger partial charge is 0.468 e. The van der Waals surface area contributed by atoms with Crippen molar-refractivity contribution in [1.82, 2.24) is 5.32 Å². The van der Waals surface area contributed by atoms with Crippen LogP contribution in [0.5, 0.6) is 0 Å². The van der Waals surface area contributed by atoms with Gasteiger partial charge in [0, 0.05) is 5.92 Å². The summed E-state index contributed by atoms with van der Waals surface area (Å²) >= 11 is 3.28. The minimum Gasteiger partial charge on any atom is -0.468 e. The van der Waals surface area contributed by atoms with E-state index in [4.69, 9.17) is 9.15 Å². The number of piperidine rings is 1. The first-order valence-corrected chi connectivity index (χ1v) is 6.06. The molecule has 4 nitrogen and oxygen atoms in total. The Bertz CT molecular complexity index is 377. The normalized spacial score (nSPS) is 25.4.